The lowest BCUT2D eigenvalue weighted by Gasteiger charge is -2.18. The predicted octanol–water partition coefficient (Wildman–Crippen LogP) is 2.39. The smallest absolute Gasteiger partial charge is 0.326 e. The third-order valence-corrected chi connectivity index (χ3v) is 4.07. The molecule has 0 aliphatic heterocycles. The molecule has 112 valence electrons. The Hall–Kier alpha value is -1.95. The van der Waals surface area contributed by atoms with Gasteiger partial charge < -0.3 is 10.4 Å². The van der Waals surface area contributed by atoms with Crippen molar-refractivity contribution in [1.82, 2.24) is 10.3 Å². The summed E-state index contributed by atoms with van der Waals surface area (Å²) in [5.41, 5.74) is 2.35. The minimum absolute atomic E-state index is 0.165. The van der Waals surface area contributed by atoms with E-state index in [1.165, 1.54) is 0 Å². The largest absolute Gasteiger partial charge is 0.480 e. The van der Waals surface area contributed by atoms with E-state index in [4.69, 9.17) is 5.11 Å². The van der Waals surface area contributed by atoms with E-state index in [0.717, 1.165) is 16.3 Å². The maximum absolute atomic E-state index is 12.2. The van der Waals surface area contributed by atoms with Crippen molar-refractivity contribution in [2.75, 3.05) is 0 Å². The van der Waals surface area contributed by atoms with Gasteiger partial charge in [-0.25, -0.2) is 9.78 Å². The Balaban J connectivity index is 2.07. The molecule has 1 aromatic heterocycles. The summed E-state index contributed by atoms with van der Waals surface area (Å²) in [6.07, 6.45) is 4.22. The highest BCUT2D eigenvalue weighted by Crippen LogP contribution is 2.27. The zero-order valence-electron chi connectivity index (χ0n) is 12.2. The quantitative estimate of drug-likeness (QED) is 0.875. The molecule has 0 bridgehead atoms. The minimum Gasteiger partial charge on any atom is -0.480 e. The summed E-state index contributed by atoms with van der Waals surface area (Å²) in [5.74, 6) is -1.50. The number of amides is 1. The Morgan fingerprint density at radius 1 is 1.43 bits per heavy atom. The van der Waals surface area contributed by atoms with E-state index in [0.29, 0.717) is 12.0 Å². The highest BCUT2D eigenvalue weighted by atomic mass is 32.1. The lowest BCUT2D eigenvalue weighted by molar-refractivity contribution is -0.142. The molecule has 5 nitrogen and oxygen atoms in total. The first kappa shape index (κ1) is 15.4. The lowest BCUT2D eigenvalue weighted by atomic mass is 10.0. The molecule has 0 radical (unpaired) electrons. The molecule has 1 atom stereocenters. The first-order valence-corrected chi connectivity index (χ1v) is 7.63. The summed E-state index contributed by atoms with van der Waals surface area (Å²) in [5, 5.41) is 14.6. The molecule has 2 N–H and O–H groups in total. The molecule has 0 saturated heterocycles. The number of carboxylic acids is 1. The summed E-state index contributed by atoms with van der Waals surface area (Å²) < 4.78 is 0. The second-order valence-corrected chi connectivity index (χ2v) is 6.38. The number of nitrogens with zero attached hydrogens (tertiary/aromatic N) is 1. The maximum Gasteiger partial charge on any atom is 0.326 e. The fourth-order valence-corrected chi connectivity index (χ4v) is 2.73. The van der Waals surface area contributed by atoms with Gasteiger partial charge in [-0.2, -0.15) is 0 Å². The van der Waals surface area contributed by atoms with Crippen molar-refractivity contribution in [2.24, 2.45) is 5.92 Å². The van der Waals surface area contributed by atoms with Gasteiger partial charge in [0, 0.05) is 11.0 Å². The molecule has 2 rings (SSSR count). The first-order valence-electron chi connectivity index (χ1n) is 6.75. The third-order valence-electron chi connectivity index (χ3n) is 3.30. The van der Waals surface area contributed by atoms with Gasteiger partial charge in [-0.3, -0.25) is 4.79 Å². The summed E-state index contributed by atoms with van der Waals surface area (Å²) in [4.78, 5) is 27.7. The van der Waals surface area contributed by atoms with Crippen LogP contribution in [-0.4, -0.2) is 28.0 Å². The normalized spacial score (nSPS) is 15.6. The van der Waals surface area contributed by atoms with Gasteiger partial charge in [0.1, 0.15) is 6.04 Å². The molecule has 0 unspecified atom stereocenters. The molecule has 21 heavy (non-hydrogen) atoms. The van der Waals surface area contributed by atoms with Crippen molar-refractivity contribution in [2.45, 2.75) is 33.2 Å². The number of thiazole rings is 1. The van der Waals surface area contributed by atoms with Gasteiger partial charge >= 0.3 is 5.97 Å². The van der Waals surface area contributed by atoms with Crippen molar-refractivity contribution in [1.29, 1.82) is 0 Å². The number of aryl methyl sites for hydroxylation is 1. The van der Waals surface area contributed by atoms with E-state index in [-0.39, 0.29) is 11.8 Å². The zero-order valence-corrected chi connectivity index (χ0v) is 13.0. The number of aromatic nitrogens is 1. The fraction of sp³-hybridized carbons (Fsp3) is 0.400. The van der Waals surface area contributed by atoms with Crippen molar-refractivity contribution in [3.8, 4) is 0 Å². The Morgan fingerprint density at radius 2 is 2.14 bits per heavy atom. The van der Waals surface area contributed by atoms with Crippen LogP contribution in [0.4, 0.5) is 0 Å². The van der Waals surface area contributed by atoms with Crippen LogP contribution in [0.2, 0.25) is 0 Å². The fourth-order valence-electron chi connectivity index (χ4n) is 2.11. The molecule has 6 heteroatoms. The van der Waals surface area contributed by atoms with Crippen LogP contribution in [0, 0.1) is 12.8 Å². The molecule has 0 saturated carbocycles. The van der Waals surface area contributed by atoms with Crippen LogP contribution in [-0.2, 0) is 9.59 Å². The standard InChI is InChI=1S/C15H18N2O3S/c1-8(2)13(15(19)20)17-14(18)11-5-4-10(6-11)12-7-21-9(3)16-12/h4,6-8,13H,5H2,1-3H3,(H,17,18)(H,19,20)/t13-/m0/s1. The number of hydrogen-bond acceptors (Lipinski definition) is 4. The van der Waals surface area contributed by atoms with E-state index < -0.39 is 12.0 Å². The van der Waals surface area contributed by atoms with Crippen molar-refractivity contribution >= 4 is 28.8 Å². The number of aliphatic carboxylic acids is 1. The van der Waals surface area contributed by atoms with Gasteiger partial charge in [0.15, 0.2) is 0 Å². The van der Waals surface area contributed by atoms with E-state index in [1.807, 2.05) is 18.4 Å². The second-order valence-electron chi connectivity index (χ2n) is 5.32. The van der Waals surface area contributed by atoms with Gasteiger partial charge in [-0.15, -0.1) is 11.3 Å². The number of carbonyl (C=O) groups excluding carboxylic acids is 1. The number of carbonyl (C=O) groups is 2. The van der Waals surface area contributed by atoms with Gasteiger partial charge in [-0.05, 0) is 30.9 Å². The van der Waals surface area contributed by atoms with Crippen LogP contribution in [0.15, 0.2) is 23.1 Å². The Labute approximate surface area is 127 Å². The number of allylic oxidation sites excluding steroid dienone is 3. The molecule has 1 aromatic rings. The number of nitrogens with one attached hydrogen (secondary N) is 1. The van der Waals surface area contributed by atoms with Crippen LogP contribution in [0.25, 0.3) is 5.57 Å². The topological polar surface area (TPSA) is 79.3 Å². The highest BCUT2D eigenvalue weighted by Gasteiger charge is 2.25. The third kappa shape index (κ3) is 3.58. The first-order chi connectivity index (χ1) is 9.88. The van der Waals surface area contributed by atoms with Crippen LogP contribution in [0.3, 0.4) is 0 Å². The van der Waals surface area contributed by atoms with Crippen molar-refractivity contribution in [3.63, 3.8) is 0 Å². The average molecular weight is 306 g/mol. The van der Waals surface area contributed by atoms with Gasteiger partial charge in [0.2, 0.25) is 5.91 Å². The summed E-state index contributed by atoms with van der Waals surface area (Å²) >= 11 is 1.56. The van der Waals surface area contributed by atoms with Crippen molar-refractivity contribution < 1.29 is 14.7 Å². The number of rotatable bonds is 5. The van der Waals surface area contributed by atoms with Gasteiger partial charge in [0.05, 0.1) is 10.7 Å². The molecular formula is C15H18N2O3S. The van der Waals surface area contributed by atoms with Gasteiger partial charge in [0.25, 0.3) is 0 Å². The lowest BCUT2D eigenvalue weighted by Crippen LogP contribution is -2.44. The molecule has 1 aliphatic rings. The summed E-state index contributed by atoms with van der Waals surface area (Å²) in [6, 6.07) is -0.871. The molecule has 0 fully saturated rings. The average Bonchev–Trinajstić information content (AvgIpc) is 3.03. The summed E-state index contributed by atoms with van der Waals surface area (Å²) in [7, 11) is 0. The Morgan fingerprint density at radius 3 is 2.67 bits per heavy atom. The number of hydrogen-bond donors (Lipinski definition) is 2. The van der Waals surface area contributed by atoms with E-state index in [1.54, 1.807) is 31.3 Å². The molecule has 1 heterocycles. The zero-order chi connectivity index (χ0) is 15.6. The van der Waals surface area contributed by atoms with Gasteiger partial charge in [-0.1, -0.05) is 19.9 Å². The SMILES string of the molecule is Cc1nc(C2=CCC(C(=O)N[C@H](C(=O)O)C(C)C)=C2)cs1. The molecule has 1 amide bonds. The van der Waals surface area contributed by atoms with Crippen LogP contribution in [0.5, 0.6) is 0 Å². The minimum atomic E-state index is -1.01. The maximum atomic E-state index is 12.2. The Bertz CT molecular complexity index is 629. The predicted molar refractivity (Wildman–Crippen MR) is 81.9 cm³/mol. The molecular weight excluding hydrogens is 288 g/mol. The highest BCUT2D eigenvalue weighted by molar-refractivity contribution is 7.09. The van der Waals surface area contributed by atoms with E-state index >= 15 is 0 Å². The van der Waals surface area contributed by atoms with Crippen LogP contribution >= 0.6 is 11.3 Å². The molecule has 0 spiro atoms. The molecule has 1 aliphatic carbocycles. The number of carboxylic acid groups (broad SMARTS) is 1. The van der Waals surface area contributed by atoms with Crippen LogP contribution < -0.4 is 5.32 Å². The Kier molecular flexibility index (Phi) is 4.57. The monoisotopic (exact) mass is 306 g/mol. The second kappa shape index (κ2) is 6.22. The van der Waals surface area contributed by atoms with Crippen LogP contribution in [0.1, 0.15) is 31.0 Å². The van der Waals surface area contributed by atoms with Crippen molar-refractivity contribution in [3.05, 3.63) is 33.8 Å². The summed E-state index contributed by atoms with van der Waals surface area (Å²) in [6.45, 7) is 5.47. The van der Waals surface area contributed by atoms with E-state index in [2.05, 4.69) is 10.3 Å². The van der Waals surface area contributed by atoms with E-state index in [9.17, 15) is 9.59 Å². The molecule has 0 aromatic carbocycles.